The van der Waals surface area contributed by atoms with Crippen LogP contribution in [0.25, 0.3) is 5.82 Å². The topological polar surface area (TPSA) is 77.2 Å². The number of esters is 1. The lowest BCUT2D eigenvalue weighted by Gasteiger charge is -2.08. The van der Waals surface area contributed by atoms with Gasteiger partial charge in [-0.2, -0.15) is 5.10 Å². The van der Waals surface area contributed by atoms with Crippen molar-refractivity contribution in [3.63, 3.8) is 0 Å². The van der Waals surface area contributed by atoms with Gasteiger partial charge in [0.05, 0.1) is 17.3 Å². The minimum absolute atomic E-state index is 0.00479. The number of ether oxygens (including phenoxy) is 1. The molecule has 7 heteroatoms. The summed E-state index contributed by atoms with van der Waals surface area (Å²) in [6.45, 7) is 3.41. The van der Waals surface area contributed by atoms with Gasteiger partial charge in [0.1, 0.15) is 6.61 Å². The van der Waals surface area contributed by atoms with Gasteiger partial charge in [0, 0.05) is 5.69 Å². The highest BCUT2D eigenvalue weighted by atomic mass is 35.5. The van der Waals surface area contributed by atoms with Crippen molar-refractivity contribution in [2.24, 2.45) is 0 Å². The second-order valence-corrected chi connectivity index (χ2v) is 4.61. The fourth-order valence-corrected chi connectivity index (χ4v) is 1.94. The number of carbonyl (C=O) groups is 1. The Balaban J connectivity index is 2.38. The Hall–Kier alpha value is -1.92. The third-order valence-corrected chi connectivity index (χ3v) is 2.88. The Morgan fingerprint density at radius 2 is 2.20 bits per heavy atom. The summed E-state index contributed by atoms with van der Waals surface area (Å²) in [7, 11) is 0. The normalized spacial score (nSPS) is 10.6. The van der Waals surface area contributed by atoms with E-state index in [9.17, 15) is 4.79 Å². The van der Waals surface area contributed by atoms with Crippen molar-refractivity contribution in [1.82, 2.24) is 14.8 Å². The summed E-state index contributed by atoms with van der Waals surface area (Å²) in [4.78, 5) is 16.0. The molecule has 0 bridgehead atoms. The summed E-state index contributed by atoms with van der Waals surface area (Å²) in [6, 6.07) is 5.14. The van der Waals surface area contributed by atoms with Gasteiger partial charge in [-0.05, 0) is 32.0 Å². The average molecular weight is 296 g/mol. The molecule has 0 aliphatic rings. The Kier molecular flexibility index (Phi) is 4.36. The number of aliphatic hydroxyl groups is 1. The summed E-state index contributed by atoms with van der Waals surface area (Å²) in [5, 5.41) is 13.1. The Morgan fingerprint density at radius 1 is 1.45 bits per heavy atom. The van der Waals surface area contributed by atoms with Crippen LogP contribution in [-0.2, 0) is 4.74 Å². The van der Waals surface area contributed by atoms with Gasteiger partial charge in [-0.15, -0.1) is 0 Å². The van der Waals surface area contributed by atoms with Crippen LogP contribution in [0.1, 0.15) is 21.9 Å². The maximum atomic E-state index is 11.8. The first-order valence-electron chi connectivity index (χ1n) is 6.01. The monoisotopic (exact) mass is 295 g/mol. The molecule has 0 radical (unpaired) electrons. The van der Waals surface area contributed by atoms with Crippen LogP contribution in [0.5, 0.6) is 0 Å². The Labute approximate surface area is 121 Å². The lowest BCUT2D eigenvalue weighted by molar-refractivity contribution is 0.0427. The predicted octanol–water partition coefficient (Wildman–Crippen LogP) is 1.69. The minimum Gasteiger partial charge on any atom is -0.458 e. The van der Waals surface area contributed by atoms with E-state index in [4.69, 9.17) is 21.4 Å². The molecule has 0 saturated heterocycles. The lowest BCUT2D eigenvalue weighted by atomic mass is 10.3. The SMILES string of the molecule is Cc1cc(C)n(-c2ccc(Cl)c(C(=O)OCCO)n2)n1. The molecule has 0 amide bonds. The first-order valence-corrected chi connectivity index (χ1v) is 6.39. The van der Waals surface area contributed by atoms with Gasteiger partial charge in [0.25, 0.3) is 0 Å². The van der Waals surface area contributed by atoms with Crippen molar-refractivity contribution < 1.29 is 14.6 Å². The highest BCUT2D eigenvalue weighted by Gasteiger charge is 2.16. The van der Waals surface area contributed by atoms with Crippen molar-refractivity contribution >= 4 is 17.6 Å². The fourth-order valence-electron chi connectivity index (χ4n) is 1.76. The number of carbonyl (C=O) groups excluding carboxylic acids is 1. The van der Waals surface area contributed by atoms with Crippen molar-refractivity contribution in [2.75, 3.05) is 13.2 Å². The average Bonchev–Trinajstić information content (AvgIpc) is 2.75. The molecule has 106 valence electrons. The molecule has 2 aromatic heterocycles. The van der Waals surface area contributed by atoms with Crippen LogP contribution in [0.15, 0.2) is 18.2 Å². The number of nitrogens with zero attached hydrogens (tertiary/aromatic N) is 3. The predicted molar refractivity (Wildman–Crippen MR) is 73.2 cm³/mol. The van der Waals surface area contributed by atoms with Crippen molar-refractivity contribution in [3.05, 3.63) is 40.3 Å². The molecule has 0 fully saturated rings. The van der Waals surface area contributed by atoms with Gasteiger partial charge in [0.2, 0.25) is 0 Å². The van der Waals surface area contributed by atoms with Gasteiger partial charge in [-0.25, -0.2) is 14.5 Å². The molecule has 0 aromatic carbocycles. The second kappa shape index (κ2) is 6.02. The van der Waals surface area contributed by atoms with Crippen molar-refractivity contribution in [3.8, 4) is 5.82 Å². The third-order valence-electron chi connectivity index (χ3n) is 2.58. The molecule has 0 unspecified atom stereocenters. The number of rotatable bonds is 4. The summed E-state index contributed by atoms with van der Waals surface area (Å²) in [5.41, 5.74) is 1.75. The van der Waals surface area contributed by atoms with Crippen LogP contribution in [0, 0.1) is 13.8 Å². The zero-order valence-electron chi connectivity index (χ0n) is 11.1. The number of hydrogen-bond donors (Lipinski definition) is 1. The van der Waals surface area contributed by atoms with E-state index in [1.807, 2.05) is 19.9 Å². The zero-order chi connectivity index (χ0) is 14.7. The number of aromatic nitrogens is 3. The van der Waals surface area contributed by atoms with Crippen LogP contribution in [-0.4, -0.2) is 39.1 Å². The summed E-state index contributed by atoms with van der Waals surface area (Å²) in [5.74, 6) is -0.191. The van der Waals surface area contributed by atoms with Gasteiger partial charge in [-0.3, -0.25) is 0 Å². The first-order chi connectivity index (χ1) is 9.52. The highest BCUT2D eigenvalue weighted by Crippen LogP contribution is 2.18. The largest absolute Gasteiger partial charge is 0.458 e. The molecular formula is C13H14ClN3O3. The van der Waals surface area contributed by atoms with Crippen LogP contribution in [0.2, 0.25) is 5.02 Å². The quantitative estimate of drug-likeness (QED) is 0.869. The standard InChI is InChI=1S/C13H14ClN3O3/c1-8-7-9(2)17(16-8)11-4-3-10(14)12(15-11)13(19)20-6-5-18/h3-4,7,18H,5-6H2,1-2H3. The molecule has 0 atom stereocenters. The van der Waals surface area contributed by atoms with E-state index in [1.54, 1.807) is 16.8 Å². The molecule has 6 nitrogen and oxygen atoms in total. The molecular weight excluding hydrogens is 282 g/mol. The molecule has 2 rings (SSSR count). The maximum Gasteiger partial charge on any atom is 0.358 e. The minimum atomic E-state index is -0.674. The van der Waals surface area contributed by atoms with Crippen molar-refractivity contribution in [1.29, 1.82) is 0 Å². The van der Waals surface area contributed by atoms with E-state index in [0.717, 1.165) is 11.4 Å². The van der Waals surface area contributed by atoms with E-state index in [-0.39, 0.29) is 23.9 Å². The zero-order valence-corrected chi connectivity index (χ0v) is 11.9. The van der Waals surface area contributed by atoms with E-state index >= 15 is 0 Å². The first kappa shape index (κ1) is 14.5. The van der Waals surface area contributed by atoms with E-state index < -0.39 is 5.97 Å². The molecule has 0 spiro atoms. The fraction of sp³-hybridized carbons (Fsp3) is 0.308. The van der Waals surface area contributed by atoms with Crippen LogP contribution in [0.3, 0.4) is 0 Å². The van der Waals surface area contributed by atoms with Crippen LogP contribution >= 0.6 is 11.6 Å². The molecule has 0 aliphatic heterocycles. The Morgan fingerprint density at radius 3 is 2.80 bits per heavy atom. The second-order valence-electron chi connectivity index (χ2n) is 4.20. The van der Waals surface area contributed by atoms with Gasteiger partial charge >= 0.3 is 5.97 Å². The highest BCUT2D eigenvalue weighted by molar-refractivity contribution is 6.33. The van der Waals surface area contributed by atoms with E-state index in [2.05, 4.69) is 10.1 Å². The van der Waals surface area contributed by atoms with Gasteiger partial charge in [0.15, 0.2) is 11.5 Å². The maximum absolute atomic E-state index is 11.8. The summed E-state index contributed by atoms with van der Waals surface area (Å²) in [6.07, 6.45) is 0. The number of hydrogen-bond acceptors (Lipinski definition) is 5. The summed E-state index contributed by atoms with van der Waals surface area (Å²) >= 11 is 5.95. The molecule has 2 heterocycles. The van der Waals surface area contributed by atoms with Crippen LogP contribution < -0.4 is 0 Å². The van der Waals surface area contributed by atoms with Gasteiger partial charge < -0.3 is 9.84 Å². The molecule has 20 heavy (non-hydrogen) atoms. The van der Waals surface area contributed by atoms with Gasteiger partial charge in [-0.1, -0.05) is 11.6 Å². The molecule has 0 saturated carbocycles. The smallest absolute Gasteiger partial charge is 0.358 e. The number of pyridine rings is 1. The number of aryl methyl sites for hydroxylation is 2. The van der Waals surface area contributed by atoms with E-state index in [1.165, 1.54) is 0 Å². The number of halogens is 1. The lowest BCUT2D eigenvalue weighted by Crippen LogP contribution is -2.13. The molecule has 0 aliphatic carbocycles. The Bertz CT molecular complexity index is 640. The molecule has 2 aromatic rings. The number of aliphatic hydroxyl groups excluding tert-OH is 1. The van der Waals surface area contributed by atoms with Crippen LogP contribution in [0.4, 0.5) is 0 Å². The van der Waals surface area contributed by atoms with Crippen molar-refractivity contribution in [2.45, 2.75) is 13.8 Å². The summed E-state index contributed by atoms with van der Waals surface area (Å²) < 4.78 is 6.44. The third kappa shape index (κ3) is 2.97. The molecule has 1 N–H and O–H groups in total. The van der Waals surface area contributed by atoms with E-state index in [0.29, 0.717) is 5.82 Å².